The van der Waals surface area contributed by atoms with Gasteiger partial charge in [-0.25, -0.2) is 0 Å². The standard InChI is InChI=1S/C17H24O6/c1-7-17(11(4)5,23-12(6)18)13-10-16(13,14(19)21-8-2)15(20)22-9-3/h1,11,13H,8-10H2,2-6H3. The molecule has 1 fully saturated rings. The van der Waals surface area contributed by atoms with Crippen molar-refractivity contribution in [1.82, 2.24) is 0 Å². The maximum Gasteiger partial charge on any atom is 0.323 e. The molecule has 0 amide bonds. The van der Waals surface area contributed by atoms with E-state index in [2.05, 4.69) is 5.92 Å². The van der Waals surface area contributed by atoms with E-state index in [0.717, 1.165) is 0 Å². The SMILES string of the molecule is C#CC(OC(C)=O)(C(C)C)C1CC1(C(=O)OCC)C(=O)OCC. The van der Waals surface area contributed by atoms with E-state index in [-0.39, 0.29) is 25.6 Å². The van der Waals surface area contributed by atoms with Gasteiger partial charge in [-0.05, 0) is 20.3 Å². The Morgan fingerprint density at radius 1 is 1.22 bits per heavy atom. The zero-order chi connectivity index (χ0) is 17.8. The van der Waals surface area contributed by atoms with E-state index in [1.165, 1.54) is 6.92 Å². The van der Waals surface area contributed by atoms with Gasteiger partial charge in [-0.2, -0.15) is 0 Å². The third-order valence-electron chi connectivity index (χ3n) is 4.15. The van der Waals surface area contributed by atoms with Gasteiger partial charge in [-0.15, -0.1) is 6.42 Å². The Balaban J connectivity index is 3.28. The van der Waals surface area contributed by atoms with Gasteiger partial charge in [0.15, 0.2) is 11.0 Å². The molecule has 2 unspecified atom stereocenters. The lowest BCUT2D eigenvalue weighted by molar-refractivity contribution is -0.172. The summed E-state index contributed by atoms with van der Waals surface area (Å²) in [6.07, 6.45) is 5.78. The Morgan fingerprint density at radius 2 is 1.70 bits per heavy atom. The quantitative estimate of drug-likeness (QED) is 0.307. The molecule has 0 heterocycles. The summed E-state index contributed by atoms with van der Waals surface area (Å²) in [5, 5.41) is 0. The molecule has 6 nitrogen and oxygen atoms in total. The molecular weight excluding hydrogens is 300 g/mol. The zero-order valence-corrected chi connectivity index (χ0v) is 14.3. The lowest BCUT2D eigenvalue weighted by atomic mass is 9.81. The van der Waals surface area contributed by atoms with Crippen LogP contribution < -0.4 is 0 Å². The smallest absolute Gasteiger partial charge is 0.323 e. The van der Waals surface area contributed by atoms with E-state index in [4.69, 9.17) is 20.6 Å². The number of esters is 3. The molecule has 128 valence electrons. The van der Waals surface area contributed by atoms with Crippen molar-refractivity contribution in [2.45, 2.75) is 46.6 Å². The van der Waals surface area contributed by atoms with E-state index in [0.29, 0.717) is 0 Å². The van der Waals surface area contributed by atoms with Gasteiger partial charge in [0.1, 0.15) is 0 Å². The van der Waals surface area contributed by atoms with Crippen LogP contribution in [0.3, 0.4) is 0 Å². The second-order valence-corrected chi connectivity index (χ2v) is 5.85. The van der Waals surface area contributed by atoms with Crippen LogP contribution in [0.4, 0.5) is 0 Å². The molecule has 1 saturated carbocycles. The van der Waals surface area contributed by atoms with E-state index < -0.39 is 34.8 Å². The Bertz CT molecular complexity index is 512. The van der Waals surface area contributed by atoms with E-state index in [1.807, 2.05) is 0 Å². The first-order valence-corrected chi connectivity index (χ1v) is 7.74. The number of terminal acetylenes is 1. The Labute approximate surface area is 136 Å². The number of hydrogen-bond donors (Lipinski definition) is 0. The summed E-state index contributed by atoms with van der Waals surface area (Å²) in [5.74, 6) is -0.385. The summed E-state index contributed by atoms with van der Waals surface area (Å²) in [6, 6.07) is 0. The summed E-state index contributed by atoms with van der Waals surface area (Å²) < 4.78 is 15.5. The molecule has 0 N–H and O–H groups in total. The van der Waals surface area contributed by atoms with Gasteiger partial charge in [0.05, 0.1) is 13.2 Å². The molecule has 0 spiro atoms. The zero-order valence-electron chi connectivity index (χ0n) is 14.3. The molecule has 0 aromatic heterocycles. The largest absolute Gasteiger partial charge is 0.465 e. The summed E-state index contributed by atoms with van der Waals surface area (Å²) in [5.41, 5.74) is -2.86. The summed E-state index contributed by atoms with van der Waals surface area (Å²) >= 11 is 0. The average Bonchev–Trinajstić information content (AvgIpc) is 3.22. The second kappa shape index (κ2) is 7.03. The topological polar surface area (TPSA) is 78.9 Å². The first kappa shape index (κ1) is 19.0. The van der Waals surface area contributed by atoms with Crippen LogP contribution in [0.1, 0.15) is 41.0 Å². The Morgan fingerprint density at radius 3 is 2.00 bits per heavy atom. The fraction of sp³-hybridized carbons (Fsp3) is 0.706. The minimum absolute atomic E-state index is 0.130. The first-order valence-electron chi connectivity index (χ1n) is 7.74. The normalized spacial score (nSPS) is 20.8. The van der Waals surface area contributed by atoms with Crippen LogP contribution in [0.5, 0.6) is 0 Å². The third kappa shape index (κ3) is 3.19. The van der Waals surface area contributed by atoms with Crippen LogP contribution in [-0.4, -0.2) is 36.7 Å². The van der Waals surface area contributed by atoms with Crippen molar-refractivity contribution in [2.75, 3.05) is 13.2 Å². The molecule has 0 bridgehead atoms. The molecule has 1 aliphatic rings. The Kier molecular flexibility index (Phi) is 5.81. The van der Waals surface area contributed by atoms with Crippen LogP contribution in [0.2, 0.25) is 0 Å². The lowest BCUT2D eigenvalue weighted by Gasteiger charge is -2.33. The number of hydrogen-bond acceptors (Lipinski definition) is 6. The molecule has 23 heavy (non-hydrogen) atoms. The molecule has 6 heteroatoms. The van der Waals surface area contributed by atoms with Crippen molar-refractivity contribution in [3.8, 4) is 12.3 Å². The second-order valence-electron chi connectivity index (χ2n) is 5.85. The molecule has 0 aromatic carbocycles. The number of carbonyl (C=O) groups excluding carboxylic acids is 3. The van der Waals surface area contributed by atoms with E-state index >= 15 is 0 Å². The van der Waals surface area contributed by atoms with Crippen molar-refractivity contribution in [1.29, 1.82) is 0 Å². The highest BCUT2D eigenvalue weighted by molar-refractivity contribution is 6.04. The molecule has 1 rings (SSSR count). The van der Waals surface area contributed by atoms with Crippen molar-refractivity contribution in [3.63, 3.8) is 0 Å². The molecule has 1 aliphatic carbocycles. The number of rotatable bonds is 7. The minimum Gasteiger partial charge on any atom is -0.465 e. The summed E-state index contributed by atoms with van der Waals surface area (Å²) in [6.45, 7) is 8.36. The van der Waals surface area contributed by atoms with Crippen LogP contribution in [0.25, 0.3) is 0 Å². The molecule has 0 saturated heterocycles. The minimum atomic E-state index is -1.50. The molecule has 2 atom stereocenters. The average molecular weight is 324 g/mol. The predicted molar refractivity (Wildman–Crippen MR) is 82.0 cm³/mol. The van der Waals surface area contributed by atoms with E-state index in [1.54, 1.807) is 27.7 Å². The van der Waals surface area contributed by atoms with Crippen LogP contribution in [-0.2, 0) is 28.6 Å². The molecule has 0 aromatic rings. The highest BCUT2D eigenvalue weighted by Crippen LogP contribution is 2.62. The van der Waals surface area contributed by atoms with E-state index in [9.17, 15) is 14.4 Å². The van der Waals surface area contributed by atoms with Crippen molar-refractivity contribution in [2.24, 2.45) is 17.3 Å². The number of carbonyl (C=O) groups is 3. The van der Waals surface area contributed by atoms with Gasteiger partial charge in [0, 0.05) is 18.8 Å². The van der Waals surface area contributed by atoms with Gasteiger partial charge in [0.25, 0.3) is 0 Å². The highest BCUT2D eigenvalue weighted by atomic mass is 16.6. The van der Waals surface area contributed by atoms with Crippen LogP contribution in [0, 0.1) is 29.6 Å². The lowest BCUT2D eigenvalue weighted by Crippen LogP contribution is -2.46. The Hall–Kier alpha value is -2.03. The summed E-state index contributed by atoms with van der Waals surface area (Å²) in [4.78, 5) is 36.3. The molecular formula is C17H24O6. The van der Waals surface area contributed by atoms with Crippen LogP contribution in [0.15, 0.2) is 0 Å². The van der Waals surface area contributed by atoms with Crippen molar-refractivity contribution >= 4 is 17.9 Å². The number of ether oxygens (including phenoxy) is 3. The van der Waals surface area contributed by atoms with Gasteiger partial charge < -0.3 is 14.2 Å². The first-order chi connectivity index (χ1) is 10.7. The summed E-state index contributed by atoms with van der Waals surface area (Å²) in [7, 11) is 0. The monoisotopic (exact) mass is 324 g/mol. The van der Waals surface area contributed by atoms with Gasteiger partial charge >= 0.3 is 17.9 Å². The maximum atomic E-state index is 12.4. The fourth-order valence-electron chi connectivity index (χ4n) is 2.96. The van der Waals surface area contributed by atoms with Crippen molar-refractivity contribution < 1.29 is 28.6 Å². The fourth-order valence-corrected chi connectivity index (χ4v) is 2.96. The molecule has 0 radical (unpaired) electrons. The van der Waals surface area contributed by atoms with Gasteiger partial charge in [-0.3, -0.25) is 14.4 Å². The third-order valence-corrected chi connectivity index (χ3v) is 4.15. The highest BCUT2D eigenvalue weighted by Gasteiger charge is 2.76. The molecule has 0 aliphatic heterocycles. The predicted octanol–water partition coefficient (Wildman–Crippen LogP) is 1.71. The van der Waals surface area contributed by atoms with Crippen LogP contribution >= 0.6 is 0 Å². The van der Waals surface area contributed by atoms with Crippen molar-refractivity contribution in [3.05, 3.63) is 0 Å². The van der Waals surface area contributed by atoms with Gasteiger partial charge in [-0.1, -0.05) is 19.8 Å². The van der Waals surface area contributed by atoms with Gasteiger partial charge in [0.2, 0.25) is 0 Å². The maximum absolute atomic E-state index is 12.4.